The lowest BCUT2D eigenvalue weighted by Gasteiger charge is -2.31. The minimum Gasteiger partial charge on any atom is -0.494 e. The van der Waals surface area contributed by atoms with Crippen LogP contribution in [0.5, 0.6) is 5.88 Å². The summed E-state index contributed by atoms with van der Waals surface area (Å²) in [5, 5.41) is 25.5. The van der Waals surface area contributed by atoms with Crippen LogP contribution in [0.1, 0.15) is 45.2 Å². The summed E-state index contributed by atoms with van der Waals surface area (Å²) in [4.78, 5) is 20.4. The quantitative estimate of drug-likeness (QED) is 0.187. The summed E-state index contributed by atoms with van der Waals surface area (Å²) in [6.45, 7) is 9.02. The maximum Gasteiger partial charge on any atom is 0.407 e. The van der Waals surface area contributed by atoms with Crippen LogP contribution in [0.3, 0.4) is 0 Å². The maximum absolute atomic E-state index is 14.2. The number of H-pyrrole nitrogens is 1. The number of aliphatic hydroxyl groups excluding tert-OH is 1. The van der Waals surface area contributed by atoms with Crippen LogP contribution in [0, 0.1) is 17.8 Å². The first-order valence-electron chi connectivity index (χ1n) is 16.2. The fourth-order valence-electron chi connectivity index (χ4n) is 6.01. The van der Waals surface area contributed by atoms with Crippen LogP contribution in [0.25, 0.3) is 10.9 Å². The zero-order valence-electron chi connectivity index (χ0n) is 27.3. The van der Waals surface area contributed by atoms with Gasteiger partial charge in [-0.15, -0.1) is 0 Å². The first-order chi connectivity index (χ1) is 22.4. The van der Waals surface area contributed by atoms with Crippen molar-refractivity contribution in [3.63, 3.8) is 0 Å². The van der Waals surface area contributed by atoms with Gasteiger partial charge in [0.05, 0.1) is 41.7 Å². The number of amides is 1. The smallest absolute Gasteiger partial charge is 0.407 e. The molecule has 2 fully saturated rings. The van der Waals surface area contributed by atoms with Crippen LogP contribution in [0.15, 0.2) is 58.4 Å². The van der Waals surface area contributed by atoms with E-state index in [0.29, 0.717) is 35.5 Å². The van der Waals surface area contributed by atoms with E-state index in [0.717, 1.165) is 12.0 Å². The third kappa shape index (κ3) is 8.52. The average molecular weight is 671 g/mol. The Balaban J connectivity index is 1.38. The number of hydrogen-bond donors (Lipinski definition) is 4. The van der Waals surface area contributed by atoms with Crippen LogP contribution in [0.2, 0.25) is 0 Å². The Morgan fingerprint density at radius 1 is 1.13 bits per heavy atom. The molecule has 4 N–H and O–H groups in total. The molecule has 1 amide bonds. The van der Waals surface area contributed by atoms with E-state index in [-0.39, 0.29) is 55.0 Å². The Kier molecular flexibility index (Phi) is 11.2. The van der Waals surface area contributed by atoms with Crippen molar-refractivity contribution in [2.45, 2.75) is 70.0 Å². The monoisotopic (exact) mass is 670 g/mol. The van der Waals surface area contributed by atoms with Gasteiger partial charge >= 0.3 is 6.09 Å². The molecule has 1 aromatic heterocycles. The molecule has 256 valence electrons. The van der Waals surface area contributed by atoms with Gasteiger partial charge in [-0.1, -0.05) is 58.0 Å². The van der Waals surface area contributed by atoms with Crippen molar-refractivity contribution < 1.29 is 37.6 Å². The number of alkyl carbamates (subject to hydrolysis) is 1. The number of ether oxygens (including phenoxy) is 3. The van der Waals surface area contributed by atoms with E-state index < -0.39 is 34.4 Å². The highest BCUT2D eigenvalue weighted by atomic mass is 32.2. The molecule has 12 nitrogen and oxygen atoms in total. The molecule has 0 saturated carbocycles. The van der Waals surface area contributed by atoms with Gasteiger partial charge in [-0.2, -0.15) is 4.31 Å². The van der Waals surface area contributed by atoms with E-state index in [9.17, 15) is 23.4 Å². The third-order valence-electron chi connectivity index (χ3n) is 8.39. The average Bonchev–Trinajstić information content (AvgIpc) is 3.72. The standard InChI is InChI=1S/C34H46N4O8S/c1-21(2)16-35-17-27-26-15-24(10-11-28(26)36-32(27)40)47(42,43)38(18-22(3)4)19-30(39)29(14-23-8-6-5-7-9-23)37-34(41)46-31-20-45-33-25(31)12-13-44-33/h5-11,15,17,21-22,25,29-31,33,36,39-40H,12-14,16,18-20H2,1-4H3,(H,37,41). The van der Waals surface area contributed by atoms with Crippen LogP contribution < -0.4 is 5.32 Å². The third-order valence-corrected chi connectivity index (χ3v) is 10.2. The summed E-state index contributed by atoms with van der Waals surface area (Å²) in [7, 11) is -4.13. The number of aromatic amines is 1. The minimum absolute atomic E-state index is 0.0110. The minimum atomic E-state index is -4.13. The number of aromatic hydroxyl groups is 1. The van der Waals surface area contributed by atoms with Crippen molar-refractivity contribution in [1.29, 1.82) is 0 Å². The first kappa shape index (κ1) is 34.8. The number of rotatable bonds is 14. The van der Waals surface area contributed by atoms with Crippen molar-refractivity contribution in [2.75, 3.05) is 32.8 Å². The van der Waals surface area contributed by atoms with E-state index in [1.807, 2.05) is 58.0 Å². The summed E-state index contributed by atoms with van der Waals surface area (Å²) in [5.74, 6) is 0.105. The van der Waals surface area contributed by atoms with Crippen LogP contribution >= 0.6 is 0 Å². The zero-order valence-corrected chi connectivity index (χ0v) is 28.2. The zero-order chi connectivity index (χ0) is 33.7. The second kappa shape index (κ2) is 15.2. The number of benzene rings is 2. The number of aliphatic imine (C=N–C) groups is 1. The molecule has 0 aliphatic carbocycles. The van der Waals surface area contributed by atoms with Gasteiger partial charge in [0.2, 0.25) is 10.0 Å². The van der Waals surface area contributed by atoms with Gasteiger partial charge in [0.15, 0.2) is 12.2 Å². The van der Waals surface area contributed by atoms with Crippen molar-refractivity contribution >= 4 is 33.2 Å². The molecule has 2 aliphatic rings. The van der Waals surface area contributed by atoms with Crippen molar-refractivity contribution in [3.8, 4) is 5.88 Å². The summed E-state index contributed by atoms with van der Waals surface area (Å²) in [6, 6.07) is 13.1. The topological polar surface area (TPSA) is 163 Å². The number of sulfonamides is 1. The highest BCUT2D eigenvalue weighted by molar-refractivity contribution is 7.89. The lowest BCUT2D eigenvalue weighted by Crippen LogP contribution is -2.51. The van der Waals surface area contributed by atoms with Gasteiger partial charge in [0.25, 0.3) is 0 Å². The van der Waals surface area contributed by atoms with Crippen LogP contribution in [-0.2, 0) is 30.7 Å². The fraction of sp³-hybridized carbons (Fsp3) is 0.529. The molecule has 0 spiro atoms. The maximum atomic E-state index is 14.2. The molecule has 3 aromatic rings. The Hall–Kier alpha value is -3.49. The molecule has 0 bridgehead atoms. The normalized spacial score (nSPS) is 21.2. The first-order valence-corrected chi connectivity index (χ1v) is 17.6. The summed E-state index contributed by atoms with van der Waals surface area (Å²) in [6.07, 6.45) is -0.329. The number of hydrogen-bond acceptors (Lipinski definition) is 9. The SMILES string of the molecule is CC(C)CN=Cc1c(O)[nH]c2ccc(S(=O)(=O)N(CC(C)C)CC(O)C(Cc3ccccc3)NC(=O)OC3COC4OCCC34)cc12. The lowest BCUT2D eigenvalue weighted by atomic mass is 10.0. The number of carbonyl (C=O) groups excluding carboxylic acids is 1. The Labute approximate surface area is 276 Å². The molecular formula is C34H46N4O8S. The molecule has 13 heteroatoms. The van der Waals surface area contributed by atoms with Crippen molar-refractivity contribution in [3.05, 3.63) is 59.7 Å². The summed E-state index contributed by atoms with van der Waals surface area (Å²) < 4.78 is 46.4. The van der Waals surface area contributed by atoms with Gasteiger partial charge in [0, 0.05) is 36.8 Å². The molecule has 2 aromatic carbocycles. The predicted octanol–water partition coefficient (Wildman–Crippen LogP) is 4.05. The molecule has 5 rings (SSSR count). The summed E-state index contributed by atoms with van der Waals surface area (Å²) in [5.41, 5.74) is 1.83. The van der Waals surface area contributed by atoms with Gasteiger partial charge in [0.1, 0.15) is 6.10 Å². The summed E-state index contributed by atoms with van der Waals surface area (Å²) >= 11 is 0. The Morgan fingerprint density at radius 2 is 1.89 bits per heavy atom. The molecular weight excluding hydrogens is 624 g/mol. The molecule has 2 saturated heterocycles. The molecule has 5 atom stereocenters. The second-order valence-electron chi connectivity index (χ2n) is 13.2. The number of nitrogens with one attached hydrogen (secondary N) is 2. The Morgan fingerprint density at radius 3 is 2.62 bits per heavy atom. The molecule has 47 heavy (non-hydrogen) atoms. The number of nitrogens with zero attached hydrogens (tertiary/aromatic N) is 2. The number of carbonyl (C=O) groups is 1. The van der Waals surface area contributed by atoms with Gasteiger partial charge < -0.3 is 34.7 Å². The lowest BCUT2D eigenvalue weighted by molar-refractivity contribution is -0.0907. The molecule has 5 unspecified atom stereocenters. The van der Waals surface area contributed by atoms with Crippen molar-refractivity contribution in [1.82, 2.24) is 14.6 Å². The highest BCUT2D eigenvalue weighted by Crippen LogP contribution is 2.33. The number of fused-ring (bicyclic) bond motifs is 2. The Bertz CT molecular complexity index is 1640. The predicted molar refractivity (Wildman–Crippen MR) is 178 cm³/mol. The number of aliphatic hydroxyl groups is 1. The molecule has 0 radical (unpaired) electrons. The van der Waals surface area contributed by atoms with Gasteiger partial charge in [-0.05, 0) is 48.4 Å². The van der Waals surface area contributed by atoms with E-state index >= 15 is 0 Å². The second-order valence-corrected chi connectivity index (χ2v) is 15.1. The van der Waals surface area contributed by atoms with Crippen LogP contribution in [0.4, 0.5) is 4.79 Å². The van der Waals surface area contributed by atoms with Gasteiger partial charge in [-0.3, -0.25) is 4.99 Å². The van der Waals surface area contributed by atoms with E-state index in [2.05, 4.69) is 15.3 Å². The fourth-order valence-corrected chi connectivity index (χ4v) is 7.66. The van der Waals surface area contributed by atoms with E-state index in [1.165, 1.54) is 16.4 Å². The van der Waals surface area contributed by atoms with Crippen LogP contribution in [-0.4, -0.2) is 97.6 Å². The molecule has 3 heterocycles. The van der Waals surface area contributed by atoms with Gasteiger partial charge in [-0.25, -0.2) is 13.2 Å². The van der Waals surface area contributed by atoms with E-state index in [4.69, 9.17) is 14.2 Å². The molecule has 2 aliphatic heterocycles. The largest absolute Gasteiger partial charge is 0.494 e. The van der Waals surface area contributed by atoms with Crippen molar-refractivity contribution in [2.24, 2.45) is 22.7 Å². The highest BCUT2D eigenvalue weighted by Gasteiger charge is 2.44. The number of aromatic nitrogens is 1. The van der Waals surface area contributed by atoms with E-state index in [1.54, 1.807) is 12.3 Å².